The monoisotopic (exact) mass is 447 g/mol. The fourth-order valence-electron chi connectivity index (χ4n) is 3.81. The highest BCUT2D eigenvalue weighted by Crippen LogP contribution is 2.33. The topological polar surface area (TPSA) is 86.8 Å². The van der Waals surface area contributed by atoms with Gasteiger partial charge in [0.05, 0.1) is 12.8 Å². The molecule has 2 aromatic rings. The summed E-state index contributed by atoms with van der Waals surface area (Å²) in [5.41, 5.74) is 1.57. The number of hydrogen-bond acceptors (Lipinski definition) is 4. The van der Waals surface area contributed by atoms with Crippen LogP contribution in [0.25, 0.3) is 0 Å². The van der Waals surface area contributed by atoms with Gasteiger partial charge in [-0.05, 0) is 50.1 Å². The van der Waals surface area contributed by atoms with Gasteiger partial charge in [0.2, 0.25) is 21.8 Å². The molecule has 1 saturated heterocycles. The zero-order chi connectivity index (χ0) is 23.0. The van der Waals surface area contributed by atoms with Gasteiger partial charge in [-0.25, -0.2) is 12.8 Å². The van der Waals surface area contributed by atoms with Gasteiger partial charge in [0.15, 0.2) is 0 Å². The lowest BCUT2D eigenvalue weighted by Gasteiger charge is -2.47. The Morgan fingerprint density at radius 1 is 1.16 bits per heavy atom. The van der Waals surface area contributed by atoms with E-state index >= 15 is 0 Å². The van der Waals surface area contributed by atoms with Gasteiger partial charge in [0.1, 0.15) is 11.4 Å². The number of carbonyl (C=O) groups is 2. The molecule has 0 bridgehead atoms. The molecule has 1 aliphatic rings. The summed E-state index contributed by atoms with van der Waals surface area (Å²) in [5.74, 6) is -1.37. The molecule has 1 heterocycles. The van der Waals surface area contributed by atoms with E-state index in [1.54, 1.807) is 25.1 Å². The molecule has 0 saturated carbocycles. The number of carbonyl (C=O) groups excluding carboxylic acids is 2. The highest BCUT2D eigenvalue weighted by Gasteiger charge is 2.50. The lowest BCUT2D eigenvalue weighted by Crippen LogP contribution is -2.70. The summed E-state index contributed by atoms with van der Waals surface area (Å²) >= 11 is 0. The van der Waals surface area contributed by atoms with Crippen molar-refractivity contribution in [2.24, 2.45) is 0 Å². The van der Waals surface area contributed by atoms with Gasteiger partial charge in [0, 0.05) is 18.8 Å². The molecule has 3 rings (SSSR count). The van der Waals surface area contributed by atoms with E-state index in [0.29, 0.717) is 11.3 Å². The second-order valence-corrected chi connectivity index (χ2v) is 10.1. The van der Waals surface area contributed by atoms with Crippen molar-refractivity contribution in [1.82, 2.24) is 9.62 Å². The minimum absolute atomic E-state index is 0.114. The molecule has 1 N–H and O–H groups in total. The number of aryl methyl sites for hydroxylation is 2. The smallest absolute Gasteiger partial charge is 0.247 e. The van der Waals surface area contributed by atoms with Gasteiger partial charge in [0.25, 0.3) is 0 Å². The van der Waals surface area contributed by atoms with Crippen LogP contribution in [-0.4, -0.2) is 49.4 Å². The first-order valence-electron chi connectivity index (χ1n) is 9.80. The lowest BCUT2D eigenvalue weighted by molar-refractivity contribution is -0.133. The maximum absolute atomic E-state index is 13.3. The first-order chi connectivity index (χ1) is 14.4. The van der Waals surface area contributed by atoms with E-state index in [4.69, 9.17) is 0 Å². The summed E-state index contributed by atoms with van der Waals surface area (Å²) in [5, 5.41) is 2.78. The summed E-state index contributed by atoms with van der Waals surface area (Å²) in [7, 11) is -3.69. The van der Waals surface area contributed by atoms with Crippen molar-refractivity contribution in [1.29, 1.82) is 0 Å². The first-order valence-corrected chi connectivity index (χ1v) is 11.6. The maximum atomic E-state index is 13.3. The van der Waals surface area contributed by atoms with E-state index in [1.807, 2.05) is 26.0 Å². The molecule has 2 amide bonds. The predicted octanol–water partition coefficient (Wildman–Crippen LogP) is 2.13. The molecule has 7 nitrogen and oxygen atoms in total. The molecule has 1 aliphatic heterocycles. The van der Waals surface area contributed by atoms with Crippen LogP contribution in [0.4, 0.5) is 10.1 Å². The molecule has 9 heteroatoms. The first kappa shape index (κ1) is 22.9. The Morgan fingerprint density at radius 2 is 1.81 bits per heavy atom. The van der Waals surface area contributed by atoms with Gasteiger partial charge in [-0.1, -0.05) is 29.8 Å². The van der Waals surface area contributed by atoms with E-state index in [9.17, 15) is 22.4 Å². The van der Waals surface area contributed by atoms with Gasteiger partial charge < -0.3 is 5.32 Å². The van der Waals surface area contributed by atoms with Crippen LogP contribution >= 0.6 is 0 Å². The number of hydrogen-bond donors (Lipinski definition) is 1. The summed E-state index contributed by atoms with van der Waals surface area (Å²) in [6.45, 7) is 4.92. The quantitative estimate of drug-likeness (QED) is 0.761. The second kappa shape index (κ2) is 8.39. The van der Waals surface area contributed by atoms with E-state index in [0.717, 1.165) is 21.7 Å². The molecule has 31 heavy (non-hydrogen) atoms. The normalized spacial score (nSPS) is 20.0. The molecule has 0 aliphatic carbocycles. The Hall–Kier alpha value is -2.78. The number of sulfonamides is 1. The van der Waals surface area contributed by atoms with Crippen LogP contribution in [0.1, 0.15) is 23.6 Å². The van der Waals surface area contributed by atoms with Crippen LogP contribution in [0.15, 0.2) is 42.5 Å². The highest BCUT2D eigenvalue weighted by atomic mass is 32.2. The molecule has 0 unspecified atom stereocenters. The van der Waals surface area contributed by atoms with Crippen LogP contribution in [0.5, 0.6) is 0 Å². The SMILES string of the molecule is Cc1ccc(N2C(=O)CN(S(C)(=O)=O)C[C@]2(C)C(=O)NCc2ccc(F)cc2)c(C)c1. The Morgan fingerprint density at radius 3 is 2.39 bits per heavy atom. The maximum Gasteiger partial charge on any atom is 0.247 e. The fraction of sp³-hybridized carbons (Fsp3) is 0.364. The van der Waals surface area contributed by atoms with Gasteiger partial charge in [-0.3, -0.25) is 14.5 Å². The standard InChI is InChI=1S/C22H26FN3O4S/c1-15-5-10-19(16(2)11-15)26-20(27)13-25(31(4,29)30)14-22(26,3)21(28)24-12-17-6-8-18(23)9-7-17/h5-11H,12-14H2,1-4H3,(H,24,28)/t22-/m1/s1. The van der Waals surface area contributed by atoms with Crippen LogP contribution in [0.2, 0.25) is 0 Å². The van der Waals surface area contributed by atoms with E-state index in [-0.39, 0.29) is 25.5 Å². The number of halogens is 1. The van der Waals surface area contributed by atoms with Crippen molar-refractivity contribution in [3.8, 4) is 0 Å². The molecule has 166 valence electrons. The summed E-state index contributed by atoms with van der Waals surface area (Å²) in [4.78, 5) is 27.9. The number of amides is 2. The van der Waals surface area contributed by atoms with Crippen molar-refractivity contribution in [2.45, 2.75) is 32.9 Å². The summed E-state index contributed by atoms with van der Waals surface area (Å²) in [6.07, 6.45) is 1.02. The van der Waals surface area contributed by atoms with Crippen LogP contribution in [0, 0.1) is 19.7 Å². The predicted molar refractivity (Wildman–Crippen MR) is 116 cm³/mol. The molecular formula is C22H26FN3O4S. The zero-order valence-electron chi connectivity index (χ0n) is 18.0. The summed E-state index contributed by atoms with van der Waals surface area (Å²) < 4.78 is 38.6. The number of anilines is 1. The van der Waals surface area contributed by atoms with E-state index in [2.05, 4.69) is 5.32 Å². The molecule has 0 aromatic heterocycles. The highest BCUT2D eigenvalue weighted by molar-refractivity contribution is 7.88. The van der Waals surface area contributed by atoms with E-state index in [1.165, 1.54) is 17.0 Å². The Kier molecular flexibility index (Phi) is 6.20. The summed E-state index contributed by atoms with van der Waals surface area (Å²) in [6, 6.07) is 11.2. The Bertz CT molecular complexity index is 1120. The van der Waals surface area contributed by atoms with E-state index < -0.39 is 27.4 Å². The number of nitrogens with zero attached hydrogens (tertiary/aromatic N) is 2. The largest absolute Gasteiger partial charge is 0.350 e. The van der Waals surface area contributed by atoms with Gasteiger partial charge >= 0.3 is 0 Å². The number of benzene rings is 2. The number of rotatable bonds is 5. The minimum Gasteiger partial charge on any atom is -0.350 e. The molecule has 2 aromatic carbocycles. The molecule has 0 spiro atoms. The molecule has 1 fully saturated rings. The second-order valence-electron chi connectivity index (χ2n) is 8.13. The van der Waals surface area contributed by atoms with Crippen LogP contribution < -0.4 is 10.2 Å². The fourth-order valence-corrected chi connectivity index (χ4v) is 4.64. The lowest BCUT2D eigenvalue weighted by atomic mass is 9.93. The van der Waals surface area contributed by atoms with Crippen LogP contribution in [0.3, 0.4) is 0 Å². The average Bonchev–Trinajstić information content (AvgIpc) is 2.67. The Labute approximate surface area is 181 Å². The van der Waals surface area contributed by atoms with Crippen molar-refractivity contribution in [3.05, 3.63) is 65.0 Å². The Balaban J connectivity index is 1.98. The third kappa shape index (κ3) is 4.77. The van der Waals surface area contributed by atoms with Crippen LogP contribution in [-0.2, 0) is 26.2 Å². The van der Waals surface area contributed by atoms with Gasteiger partial charge in [-0.2, -0.15) is 4.31 Å². The van der Waals surface area contributed by atoms with Crippen molar-refractivity contribution in [3.63, 3.8) is 0 Å². The minimum atomic E-state index is -3.69. The van der Waals surface area contributed by atoms with Crippen molar-refractivity contribution in [2.75, 3.05) is 24.2 Å². The van der Waals surface area contributed by atoms with Gasteiger partial charge in [-0.15, -0.1) is 0 Å². The van der Waals surface area contributed by atoms with Crippen molar-refractivity contribution >= 4 is 27.5 Å². The third-order valence-electron chi connectivity index (χ3n) is 5.46. The molecule has 1 atom stereocenters. The molecular weight excluding hydrogens is 421 g/mol. The zero-order valence-corrected chi connectivity index (χ0v) is 18.8. The third-order valence-corrected chi connectivity index (χ3v) is 6.65. The average molecular weight is 448 g/mol. The number of nitrogens with one attached hydrogen (secondary N) is 1. The molecule has 0 radical (unpaired) electrons. The van der Waals surface area contributed by atoms with Crippen molar-refractivity contribution < 1.29 is 22.4 Å². The number of piperazine rings is 1.